The zero-order chi connectivity index (χ0) is 17.0. The van der Waals surface area contributed by atoms with Crippen LogP contribution < -0.4 is 17.2 Å². The van der Waals surface area contributed by atoms with E-state index in [2.05, 4.69) is 0 Å². The number of hydrogen-bond acceptors (Lipinski definition) is 3. The Morgan fingerprint density at radius 1 is 0.429 bits per heavy atom. The van der Waals surface area contributed by atoms with Crippen molar-refractivity contribution in [1.29, 1.82) is 0 Å². The molecule has 0 radical (unpaired) electrons. The number of nitrogen functional groups attached to an aromatic ring is 3. The summed E-state index contributed by atoms with van der Waals surface area (Å²) >= 11 is 0. The molecule has 0 saturated carbocycles. The van der Waals surface area contributed by atoms with Gasteiger partial charge in [-0.1, -0.05) is 0 Å². The van der Waals surface area contributed by atoms with Crippen molar-refractivity contribution < 1.29 is 39.5 Å². The van der Waals surface area contributed by atoms with Crippen molar-refractivity contribution in [3.63, 3.8) is 0 Å². The van der Waals surface area contributed by atoms with Gasteiger partial charge in [0.2, 0.25) is 0 Å². The highest BCUT2D eigenvalue weighted by Gasteiger charge is 2.49. The molecular formula is C9H6F9N3. The van der Waals surface area contributed by atoms with Crippen LogP contribution in [0.3, 0.4) is 0 Å². The topological polar surface area (TPSA) is 78.1 Å². The van der Waals surface area contributed by atoms with Crippen LogP contribution in [0.15, 0.2) is 0 Å². The van der Waals surface area contributed by atoms with Crippen LogP contribution in [0.2, 0.25) is 0 Å². The molecule has 0 saturated heterocycles. The molecular weight excluding hydrogens is 321 g/mol. The van der Waals surface area contributed by atoms with Crippen LogP contribution in [0, 0.1) is 0 Å². The monoisotopic (exact) mass is 327 g/mol. The van der Waals surface area contributed by atoms with Gasteiger partial charge in [0, 0.05) is 0 Å². The Morgan fingerprint density at radius 2 is 0.571 bits per heavy atom. The van der Waals surface area contributed by atoms with E-state index in [1.54, 1.807) is 0 Å². The normalized spacial score (nSPS) is 13.6. The highest BCUT2D eigenvalue weighted by Crippen LogP contribution is 2.52. The highest BCUT2D eigenvalue weighted by molar-refractivity contribution is 5.81. The summed E-state index contributed by atoms with van der Waals surface area (Å²) in [5.74, 6) is 0. The predicted molar refractivity (Wildman–Crippen MR) is 54.7 cm³/mol. The van der Waals surface area contributed by atoms with E-state index in [1.165, 1.54) is 0 Å². The van der Waals surface area contributed by atoms with Crippen molar-refractivity contribution in [2.24, 2.45) is 0 Å². The van der Waals surface area contributed by atoms with Gasteiger partial charge < -0.3 is 17.2 Å². The third-order valence-electron chi connectivity index (χ3n) is 2.47. The van der Waals surface area contributed by atoms with E-state index in [0.717, 1.165) is 0 Å². The zero-order valence-corrected chi connectivity index (χ0v) is 9.63. The summed E-state index contributed by atoms with van der Waals surface area (Å²) < 4.78 is 114. The second kappa shape index (κ2) is 4.49. The SMILES string of the molecule is Nc1c(C(F)(F)F)c(N)c(C(F)(F)F)c(N)c1C(F)(F)F. The summed E-state index contributed by atoms with van der Waals surface area (Å²) in [7, 11) is 0. The molecule has 12 heteroatoms. The van der Waals surface area contributed by atoms with Crippen molar-refractivity contribution in [2.45, 2.75) is 18.5 Å². The minimum Gasteiger partial charge on any atom is -0.398 e. The van der Waals surface area contributed by atoms with Crippen molar-refractivity contribution in [3.05, 3.63) is 16.7 Å². The molecule has 120 valence electrons. The fourth-order valence-corrected chi connectivity index (χ4v) is 1.73. The van der Waals surface area contributed by atoms with Gasteiger partial charge in [-0.2, -0.15) is 39.5 Å². The molecule has 1 rings (SSSR count). The number of nitrogens with two attached hydrogens (primary N) is 3. The summed E-state index contributed by atoms with van der Waals surface area (Å²) in [4.78, 5) is 0. The number of halogens is 9. The van der Waals surface area contributed by atoms with Gasteiger partial charge in [-0.25, -0.2) is 0 Å². The summed E-state index contributed by atoms with van der Waals surface area (Å²) in [5, 5.41) is 0. The molecule has 1 aromatic rings. The van der Waals surface area contributed by atoms with Crippen LogP contribution in [-0.4, -0.2) is 0 Å². The quantitative estimate of drug-likeness (QED) is 0.504. The zero-order valence-electron chi connectivity index (χ0n) is 9.63. The summed E-state index contributed by atoms with van der Waals surface area (Å²) in [5.41, 5.74) is 0.841. The lowest BCUT2D eigenvalue weighted by molar-refractivity contribution is -0.145. The largest absolute Gasteiger partial charge is 0.420 e. The van der Waals surface area contributed by atoms with E-state index < -0.39 is 52.3 Å². The number of alkyl halides is 9. The van der Waals surface area contributed by atoms with E-state index in [0.29, 0.717) is 0 Å². The molecule has 3 nitrogen and oxygen atoms in total. The summed E-state index contributed by atoms with van der Waals surface area (Å²) in [6.45, 7) is 0. The molecule has 21 heavy (non-hydrogen) atoms. The number of hydrogen-bond donors (Lipinski definition) is 3. The van der Waals surface area contributed by atoms with Gasteiger partial charge in [0.1, 0.15) is 16.7 Å². The lowest BCUT2D eigenvalue weighted by atomic mass is 9.96. The standard InChI is InChI=1S/C9H6F9N3/c10-7(11,12)1-4(19)2(8(13,14)15)6(21)3(5(1)20)9(16,17)18/h19-21H2. The third kappa shape index (κ3) is 2.88. The average Bonchev–Trinajstić information content (AvgIpc) is 2.07. The van der Waals surface area contributed by atoms with E-state index in [-0.39, 0.29) is 0 Å². The van der Waals surface area contributed by atoms with E-state index >= 15 is 0 Å². The smallest absolute Gasteiger partial charge is 0.398 e. The van der Waals surface area contributed by atoms with Gasteiger partial charge in [-0.3, -0.25) is 0 Å². The molecule has 0 fully saturated rings. The molecule has 6 N–H and O–H groups in total. The van der Waals surface area contributed by atoms with Crippen molar-refractivity contribution in [1.82, 2.24) is 0 Å². The number of anilines is 3. The van der Waals surface area contributed by atoms with Gasteiger partial charge in [0.05, 0.1) is 17.1 Å². The van der Waals surface area contributed by atoms with E-state index in [4.69, 9.17) is 17.2 Å². The fourth-order valence-electron chi connectivity index (χ4n) is 1.73. The van der Waals surface area contributed by atoms with Crippen LogP contribution in [0.4, 0.5) is 56.6 Å². The first kappa shape index (κ1) is 17.0. The molecule has 0 aromatic heterocycles. The van der Waals surface area contributed by atoms with Crippen molar-refractivity contribution >= 4 is 17.1 Å². The molecule has 0 aliphatic heterocycles. The minimum absolute atomic E-state index is 2.00. The van der Waals surface area contributed by atoms with Crippen LogP contribution in [0.5, 0.6) is 0 Å². The molecule has 0 unspecified atom stereocenters. The first-order valence-corrected chi connectivity index (χ1v) is 4.82. The lowest BCUT2D eigenvalue weighted by Gasteiger charge is -2.24. The Balaban J connectivity index is 4.04. The van der Waals surface area contributed by atoms with Gasteiger partial charge >= 0.3 is 18.5 Å². The summed E-state index contributed by atoms with van der Waals surface area (Å²) in [6.07, 6.45) is -16.9. The maximum Gasteiger partial charge on any atom is 0.420 e. The third-order valence-corrected chi connectivity index (χ3v) is 2.47. The minimum atomic E-state index is -5.62. The van der Waals surface area contributed by atoms with Gasteiger partial charge in [-0.15, -0.1) is 0 Å². The van der Waals surface area contributed by atoms with Crippen molar-refractivity contribution in [3.8, 4) is 0 Å². The van der Waals surface area contributed by atoms with E-state index in [9.17, 15) is 39.5 Å². The summed E-state index contributed by atoms with van der Waals surface area (Å²) in [6, 6.07) is 0. The van der Waals surface area contributed by atoms with Crippen LogP contribution in [0.25, 0.3) is 0 Å². The van der Waals surface area contributed by atoms with Gasteiger partial charge in [-0.05, 0) is 0 Å². The molecule has 0 aliphatic carbocycles. The Bertz CT molecular complexity index is 466. The fraction of sp³-hybridized carbons (Fsp3) is 0.333. The Kier molecular flexibility index (Phi) is 3.65. The van der Waals surface area contributed by atoms with Crippen molar-refractivity contribution in [2.75, 3.05) is 17.2 Å². The maximum atomic E-state index is 12.6. The van der Waals surface area contributed by atoms with E-state index in [1.807, 2.05) is 0 Å². The number of rotatable bonds is 0. The first-order valence-electron chi connectivity index (χ1n) is 4.82. The van der Waals surface area contributed by atoms with Crippen LogP contribution >= 0.6 is 0 Å². The maximum absolute atomic E-state index is 12.6. The molecule has 0 heterocycles. The molecule has 0 aliphatic rings. The molecule has 0 spiro atoms. The Labute approximate surface area is 110 Å². The second-order valence-electron chi connectivity index (χ2n) is 3.86. The van der Waals surface area contributed by atoms with Crippen LogP contribution in [-0.2, 0) is 18.5 Å². The first-order chi connectivity index (χ1) is 9.10. The van der Waals surface area contributed by atoms with Crippen LogP contribution in [0.1, 0.15) is 16.7 Å². The predicted octanol–water partition coefficient (Wildman–Crippen LogP) is 3.49. The second-order valence-corrected chi connectivity index (χ2v) is 3.86. The average molecular weight is 327 g/mol. The molecule has 0 amide bonds. The molecule has 1 aromatic carbocycles. The highest BCUT2D eigenvalue weighted by atomic mass is 19.4. The van der Waals surface area contributed by atoms with Gasteiger partial charge in [0.25, 0.3) is 0 Å². The number of benzene rings is 1. The lowest BCUT2D eigenvalue weighted by Crippen LogP contribution is -2.25. The molecule has 0 atom stereocenters. The Hall–Kier alpha value is -2.01. The molecule has 0 bridgehead atoms. The van der Waals surface area contributed by atoms with Gasteiger partial charge in [0.15, 0.2) is 0 Å². The Morgan fingerprint density at radius 3 is 0.667 bits per heavy atom.